The highest BCUT2D eigenvalue weighted by molar-refractivity contribution is 4.92. The lowest BCUT2D eigenvalue weighted by molar-refractivity contribution is -0.0670. The van der Waals surface area contributed by atoms with Crippen LogP contribution in [0.15, 0.2) is 0 Å². The Morgan fingerprint density at radius 1 is 0.870 bits per heavy atom. The van der Waals surface area contributed by atoms with E-state index < -0.39 is 0 Å². The van der Waals surface area contributed by atoms with E-state index in [1.165, 1.54) is 90.1 Å². The molecule has 0 unspecified atom stereocenters. The zero-order valence-electron chi connectivity index (χ0n) is 16.8. The predicted octanol–water partition coefficient (Wildman–Crippen LogP) is 6.19. The lowest BCUT2D eigenvalue weighted by atomic mass is 9.83. The molecule has 0 amide bonds. The van der Waals surface area contributed by atoms with Crippen molar-refractivity contribution in [3.8, 4) is 0 Å². The molecule has 0 aliphatic carbocycles. The summed E-state index contributed by atoms with van der Waals surface area (Å²) in [6.45, 7) is 11.9. The van der Waals surface area contributed by atoms with Crippen molar-refractivity contribution in [2.24, 2.45) is 0 Å². The Morgan fingerprint density at radius 3 is 1.74 bits per heavy atom. The number of hydrogen-bond acceptors (Lipinski definition) is 2. The van der Waals surface area contributed by atoms with Crippen LogP contribution in [0.5, 0.6) is 0 Å². The molecule has 23 heavy (non-hydrogen) atoms. The second kappa shape index (κ2) is 10.7. The lowest BCUT2D eigenvalue weighted by Crippen LogP contribution is -2.53. The molecule has 1 saturated heterocycles. The van der Waals surface area contributed by atoms with Gasteiger partial charge in [0, 0.05) is 25.7 Å². The van der Waals surface area contributed by atoms with Crippen molar-refractivity contribution < 1.29 is 4.74 Å². The van der Waals surface area contributed by atoms with Gasteiger partial charge in [0.05, 0.1) is 5.60 Å². The molecular weight excluding hydrogens is 282 g/mol. The fourth-order valence-corrected chi connectivity index (χ4v) is 4.03. The summed E-state index contributed by atoms with van der Waals surface area (Å²) in [5, 5.41) is 0. The molecule has 1 heterocycles. The van der Waals surface area contributed by atoms with Crippen LogP contribution in [0.4, 0.5) is 0 Å². The molecular formula is C21H43NO. The third-order valence-electron chi connectivity index (χ3n) is 6.22. The molecule has 2 nitrogen and oxygen atoms in total. The molecule has 0 atom stereocenters. The molecule has 0 radical (unpaired) electrons. The molecule has 1 aliphatic heterocycles. The van der Waals surface area contributed by atoms with Gasteiger partial charge in [0.25, 0.3) is 0 Å². The van der Waals surface area contributed by atoms with Crippen LogP contribution in [0.2, 0.25) is 0 Å². The molecule has 0 aromatic heterocycles. The molecule has 1 aliphatic rings. The first-order valence-corrected chi connectivity index (χ1v) is 10.3. The van der Waals surface area contributed by atoms with Gasteiger partial charge < -0.3 is 4.74 Å². The van der Waals surface area contributed by atoms with Crippen LogP contribution in [0.3, 0.4) is 0 Å². The van der Waals surface area contributed by atoms with Gasteiger partial charge in [-0.2, -0.15) is 0 Å². The van der Waals surface area contributed by atoms with Gasteiger partial charge in [-0.05, 0) is 39.5 Å². The Morgan fingerprint density at radius 2 is 1.35 bits per heavy atom. The normalized spacial score (nSPS) is 19.2. The molecule has 1 fully saturated rings. The molecule has 1 rings (SSSR count). The maximum absolute atomic E-state index is 5.74. The van der Waals surface area contributed by atoms with Crippen molar-refractivity contribution in [3.05, 3.63) is 0 Å². The number of unbranched alkanes of at least 4 members (excludes halogenated alkanes) is 6. The van der Waals surface area contributed by atoms with E-state index in [2.05, 4.69) is 32.6 Å². The zero-order valence-corrected chi connectivity index (χ0v) is 16.8. The van der Waals surface area contributed by atoms with Gasteiger partial charge in [0.2, 0.25) is 0 Å². The highest BCUT2D eigenvalue weighted by atomic mass is 16.5. The number of hydrogen-bond donors (Lipinski definition) is 0. The maximum Gasteiger partial charge on any atom is 0.0675 e. The van der Waals surface area contributed by atoms with Crippen molar-refractivity contribution in [1.82, 2.24) is 4.90 Å². The first-order valence-electron chi connectivity index (χ1n) is 10.3. The predicted molar refractivity (Wildman–Crippen MR) is 102 cm³/mol. The maximum atomic E-state index is 5.74. The Hall–Kier alpha value is -0.0800. The van der Waals surface area contributed by atoms with Crippen molar-refractivity contribution in [1.29, 1.82) is 0 Å². The van der Waals surface area contributed by atoms with E-state index in [1.807, 2.05) is 7.11 Å². The number of nitrogens with zero attached hydrogens (tertiary/aromatic N) is 1. The van der Waals surface area contributed by atoms with Crippen molar-refractivity contribution in [2.75, 3.05) is 20.2 Å². The zero-order chi connectivity index (χ0) is 17.2. The topological polar surface area (TPSA) is 12.5 Å². The summed E-state index contributed by atoms with van der Waals surface area (Å²) in [7, 11) is 1.88. The molecule has 2 heteroatoms. The van der Waals surface area contributed by atoms with E-state index in [1.54, 1.807) is 0 Å². The van der Waals surface area contributed by atoms with Gasteiger partial charge in [0.15, 0.2) is 0 Å². The number of ether oxygens (including phenoxy) is 1. The third kappa shape index (κ3) is 7.13. The van der Waals surface area contributed by atoms with E-state index in [4.69, 9.17) is 4.74 Å². The molecule has 0 aromatic rings. The van der Waals surface area contributed by atoms with Crippen LogP contribution in [0.25, 0.3) is 0 Å². The van der Waals surface area contributed by atoms with Crippen molar-refractivity contribution in [3.63, 3.8) is 0 Å². The highest BCUT2D eigenvalue weighted by Crippen LogP contribution is 2.35. The van der Waals surface area contributed by atoms with Crippen LogP contribution < -0.4 is 0 Å². The summed E-state index contributed by atoms with van der Waals surface area (Å²) in [6, 6.07) is 0. The molecule has 0 N–H and O–H groups in total. The third-order valence-corrected chi connectivity index (χ3v) is 6.22. The SMILES string of the molecule is CCCCCCC(C)(CCCCCC)N1CCC(C)(OC)CC1. The van der Waals surface area contributed by atoms with Gasteiger partial charge in [-0.25, -0.2) is 0 Å². The van der Waals surface area contributed by atoms with Gasteiger partial charge >= 0.3 is 0 Å². The monoisotopic (exact) mass is 325 g/mol. The minimum Gasteiger partial charge on any atom is -0.378 e. The second-order valence-electron chi connectivity index (χ2n) is 8.26. The Labute approximate surface area is 146 Å². The first-order chi connectivity index (χ1) is 11.0. The average Bonchev–Trinajstić information content (AvgIpc) is 2.56. The van der Waals surface area contributed by atoms with Gasteiger partial charge in [-0.15, -0.1) is 0 Å². The van der Waals surface area contributed by atoms with Crippen LogP contribution in [-0.2, 0) is 4.74 Å². The fourth-order valence-electron chi connectivity index (χ4n) is 4.03. The summed E-state index contributed by atoms with van der Waals surface area (Å²) in [5.74, 6) is 0. The second-order valence-corrected chi connectivity index (χ2v) is 8.26. The summed E-state index contributed by atoms with van der Waals surface area (Å²) < 4.78 is 5.74. The van der Waals surface area contributed by atoms with Gasteiger partial charge in [-0.1, -0.05) is 65.2 Å². The molecule has 138 valence electrons. The summed E-state index contributed by atoms with van der Waals surface area (Å²) in [6.07, 6.45) is 16.2. The molecule has 0 aromatic carbocycles. The smallest absolute Gasteiger partial charge is 0.0675 e. The van der Waals surface area contributed by atoms with Crippen LogP contribution >= 0.6 is 0 Å². The molecule has 0 saturated carbocycles. The summed E-state index contributed by atoms with van der Waals surface area (Å²) in [4.78, 5) is 2.80. The Bertz CT molecular complexity index is 282. The van der Waals surface area contributed by atoms with E-state index in [0.29, 0.717) is 5.54 Å². The minimum absolute atomic E-state index is 0.113. The fraction of sp³-hybridized carbons (Fsp3) is 1.00. The van der Waals surface area contributed by atoms with E-state index in [-0.39, 0.29) is 5.60 Å². The lowest BCUT2D eigenvalue weighted by Gasteiger charge is -2.48. The summed E-state index contributed by atoms with van der Waals surface area (Å²) >= 11 is 0. The Balaban J connectivity index is 2.55. The van der Waals surface area contributed by atoms with Crippen molar-refractivity contribution in [2.45, 2.75) is 116 Å². The Kier molecular flexibility index (Phi) is 9.77. The quantitative estimate of drug-likeness (QED) is 0.397. The number of piperidine rings is 1. The minimum atomic E-state index is 0.113. The number of rotatable bonds is 12. The van der Waals surface area contributed by atoms with Crippen LogP contribution in [-0.4, -0.2) is 36.2 Å². The van der Waals surface area contributed by atoms with Crippen LogP contribution in [0.1, 0.15) is 105 Å². The number of likely N-dealkylation sites (tertiary alicyclic amines) is 1. The molecule has 0 spiro atoms. The van der Waals surface area contributed by atoms with E-state index >= 15 is 0 Å². The van der Waals surface area contributed by atoms with E-state index in [9.17, 15) is 0 Å². The molecule has 0 bridgehead atoms. The van der Waals surface area contributed by atoms with Crippen LogP contribution in [0, 0.1) is 0 Å². The standard InChI is InChI=1S/C21H43NO/c1-6-8-10-12-14-20(3,15-13-11-9-7-2)22-18-16-21(4,23-5)17-19-22/h6-19H2,1-5H3. The van der Waals surface area contributed by atoms with Crippen molar-refractivity contribution >= 4 is 0 Å². The first kappa shape index (κ1) is 21.0. The number of methoxy groups -OCH3 is 1. The average molecular weight is 326 g/mol. The van der Waals surface area contributed by atoms with E-state index in [0.717, 1.165) is 0 Å². The highest BCUT2D eigenvalue weighted by Gasteiger charge is 2.37. The summed E-state index contributed by atoms with van der Waals surface area (Å²) in [5.41, 5.74) is 0.526. The largest absolute Gasteiger partial charge is 0.378 e. The van der Waals surface area contributed by atoms with Gasteiger partial charge in [-0.3, -0.25) is 4.90 Å². The van der Waals surface area contributed by atoms with Gasteiger partial charge in [0.1, 0.15) is 0 Å².